The van der Waals surface area contributed by atoms with Crippen molar-refractivity contribution in [2.24, 2.45) is 0 Å². The van der Waals surface area contributed by atoms with E-state index in [9.17, 15) is 9.90 Å². The van der Waals surface area contributed by atoms with Crippen molar-refractivity contribution in [3.63, 3.8) is 0 Å². The number of carbonyl (C=O) groups excluding carboxylic acids is 1. The molecule has 0 aliphatic heterocycles. The minimum absolute atomic E-state index is 0. The zero-order chi connectivity index (χ0) is 25.5. The van der Waals surface area contributed by atoms with Crippen LogP contribution in [0.3, 0.4) is 0 Å². The van der Waals surface area contributed by atoms with Gasteiger partial charge in [-0.1, -0.05) is 54.6 Å². The Morgan fingerprint density at radius 2 is 1.76 bits per heavy atom. The number of ether oxygens (including phenoxy) is 1. The third kappa shape index (κ3) is 4.86. The predicted molar refractivity (Wildman–Crippen MR) is 143 cm³/mol. The van der Waals surface area contributed by atoms with Gasteiger partial charge in [-0.2, -0.15) is 0 Å². The van der Waals surface area contributed by atoms with E-state index in [0.29, 0.717) is 34.0 Å². The third-order valence-electron chi connectivity index (χ3n) is 7.61. The van der Waals surface area contributed by atoms with E-state index in [1.807, 2.05) is 56.3 Å². The number of carboxylic acids is 1. The number of nitrogens with zero attached hydrogens (tertiary/aromatic N) is 1. The maximum Gasteiger partial charge on any atom is 1.00 e. The second-order valence-electron chi connectivity index (χ2n) is 10.0. The Labute approximate surface area is 244 Å². The average Bonchev–Trinajstić information content (AvgIpc) is 3.27. The molecule has 2 unspecified atom stereocenters. The van der Waals surface area contributed by atoms with E-state index in [1.54, 1.807) is 6.07 Å². The molecule has 5 aromatic rings. The Bertz CT molecular complexity index is 1630. The number of aromatic nitrogens is 1. The number of carbonyl (C=O) groups is 1. The van der Waals surface area contributed by atoms with E-state index in [0.717, 1.165) is 47.8 Å². The van der Waals surface area contributed by atoms with Crippen molar-refractivity contribution in [1.29, 1.82) is 0 Å². The van der Waals surface area contributed by atoms with Crippen LogP contribution in [0.15, 0.2) is 77.2 Å². The van der Waals surface area contributed by atoms with Gasteiger partial charge in [0, 0.05) is 16.5 Å². The molecule has 0 saturated heterocycles. The van der Waals surface area contributed by atoms with Gasteiger partial charge in [-0.05, 0) is 74.8 Å². The monoisotopic (exact) mass is 513 g/mol. The van der Waals surface area contributed by atoms with Crippen molar-refractivity contribution in [1.82, 2.24) is 4.98 Å². The fourth-order valence-corrected chi connectivity index (χ4v) is 5.70. The van der Waals surface area contributed by atoms with Gasteiger partial charge in [0.1, 0.15) is 17.0 Å². The Hall–Kier alpha value is -3.12. The summed E-state index contributed by atoms with van der Waals surface area (Å²) in [5.74, 6) is 0.273. The number of para-hydroxylation sites is 1. The molecule has 3 aromatic carbocycles. The number of carboxylic acid groups (broad SMARTS) is 1. The van der Waals surface area contributed by atoms with Crippen LogP contribution in [0.4, 0.5) is 0 Å². The fourth-order valence-electron chi connectivity index (χ4n) is 5.70. The number of hydrogen-bond acceptors (Lipinski definition) is 5. The first kappa shape index (κ1) is 26.5. The fraction of sp³-hybridized carbons (Fsp3) is 0.250. The molecule has 0 bridgehead atoms. The molecular formula is C32H28NNaO4. The Balaban J connectivity index is 0.00000294. The van der Waals surface area contributed by atoms with Gasteiger partial charge in [0.05, 0.1) is 23.0 Å². The molecule has 38 heavy (non-hydrogen) atoms. The second kappa shape index (κ2) is 10.9. The number of aryl methyl sites for hydroxylation is 2. The van der Waals surface area contributed by atoms with E-state index < -0.39 is 5.97 Å². The molecule has 6 rings (SSSR count). The number of hydrogen-bond donors (Lipinski definition) is 0. The normalized spacial score (nSPS) is 17.3. The van der Waals surface area contributed by atoms with E-state index in [4.69, 9.17) is 14.1 Å². The van der Waals surface area contributed by atoms with Gasteiger partial charge in [-0.3, -0.25) is 0 Å². The van der Waals surface area contributed by atoms with Crippen LogP contribution in [0.2, 0.25) is 0 Å². The molecule has 6 heteroatoms. The number of rotatable bonds is 5. The van der Waals surface area contributed by atoms with Crippen LogP contribution in [0, 0.1) is 13.8 Å². The van der Waals surface area contributed by atoms with Gasteiger partial charge >= 0.3 is 29.6 Å². The summed E-state index contributed by atoms with van der Waals surface area (Å²) in [5, 5.41) is 13.9. The zero-order valence-electron chi connectivity index (χ0n) is 22.0. The van der Waals surface area contributed by atoms with Crippen LogP contribution >= 0.6 is 0 Å². The predicted octanol–water partition coefficient (Wildman–Crippen LogP) is 3.74. The molecule has 0 N–H and O–H groups in total. The molecule has 1 saturated carbocycles. The maximum atomic E-state index is 12.4. The molecule has 186 valence electrons. The molecule has 2 atom stereocenters. The van der Waals surface area contributed by atoms with Crippen LogP contribution in [-0.4, -0.2) is 17.1 Å². The molecule has 1 fully saturated rings. The SMILES string of the molecule is Cc1c(-c2cc(C(=O)[O-])c3c(OC4CCCC(c5ccccc5)C4)ccc(C)c3n2)oc2ccccc12.[Na+]. The largest absolute Gasteiger partial charge is 1.00 e. The first-order chi connectivity index (χ1) is 18.0. The summed E-state index contributed by atoms with van der Waals surface area (Å²) >= 11 is 0. The first-order valence-corrected chi connectivity index (χ1v) is 12.9. The molecule has 5 nitrogen and oxygen atoms in total. The standard InChI is InChI=1S/C32H29NO4.Na/c1-19-15-16-28(36-23-12-8-11-22(17-23)21-9-4-3-5-10-21)29-25(32(34)35)18-26(33-30(19)29)31-20(2)24-13-6-7-14-27(24)37-31;/h3-7,9-10,13-16,18,22-23H,8,11-12,17H2,1-2H3,(H,34,35);/q;+1/p-1. The van der Waals surface area contributed by atoms with Gasteiger partial charge in [0.25, 0.3) is 0 Å². The Morgan fingerprint density at radius 1 is 1.00 bits per heavy atom. The molecular weight excluding hydrogens is 485 g/mol. The molecule has 2 aromatic heterocycles. The summed E-state index contributed by atoms with van der Waals surface area (Å²) in [4.78, 5) is 17.3. The van der Waals surface area contributed by atoms with Crippen LogP contribution in [0.25, 0.3) is 33.3 Å². The topological polar surface area (TPSA) is 75.4 Å². The van der Waals surface area contributed by atoms with Crippen molar-refractivity contribution >= 4 is 27.8 Å². The second-order valence-corrected chi connectivity index (χ2v) is 10.0. The van der Waals surface area contributed by atoms with Crippen molar-refractivity contribution in [3.8, 4) is 17.2 Å². The Kier molecular flexibility index (Phi) is 7.62. The first-order valence-electron chi connectivity index (χ1n) is 12.9. The van der Waals surface area contributed by atoms with Crippen LogP contribution in [-0.2, 0) is 0 Å². The van der Waals surface area contributed by atoms with E-state index >= 15 is 0 Å². The number of pyridine rings is 1. The molecule has 0 spiro atoms. The average molecular weight is 514 g/mol. The summed E-state index contributed by atoms with van der Waals surface area (Å²) in [6.07, 6.45) is 4.02. The van der Waals surface area contributed by atoms with Crippen LogP contribution < -0.4 is 39.4 Å². The molecule has 2 heterocycles. The number of benzene rings is 3. The molecule has 1 aliphatic carbocycles. The summed E-state index contributed by atoms with van der Waals surface area (Å²) < 4.78 is 12.6. The zero-order valence-corrected chi connectivity index (χ0v) is 24.0. The van der Waals surface area contributed by atoms with E-state index in [1.165, 1.54) is 5.56 Å². The van der Waals surface area contributed by atoms with Crippen molar-refractivity contribution in [3.05, 3.63) is 95.1 Å². The number of furan rings is 1. The summed E-state index contributed by atoms with van der Waals surface area (Å²) in [5.41, 5.74) is 4.98. The third-order valence-corrected chi connectivity index (χ3v) is 7.61. The van der Waals surface area contributed by atoms with Gasteiger partial charge in [-0.25, -0.2) is 4.98 Å². The van der Waals surface area contributed by atoms with Gasteiger partial charge in [0.15, 0.2) is 5.76 Å². The molecule has 0 radical (unpaired) electrons. The van der Waals surface area contributed by atoms with Crippen LogP contribution in [0.5, 0.6) is 5.75 Å². The van der Waals surface area contributed by atoms with Gasteiger partial charge < -0.3 is 19.1 Å². The minimum Gasteiger partial charge on any atom is -0.545 e. The van der Waals surface area contributed by atoms with E-state index in [2.05, 4.69) is 24.3 Å². The smallest absolute Gasteiger partial charge is 0.545 e. The quantitative estimate of drug-likeness (QED) is 0.335. The number of aromatic carboxylic acids is 1. The van der Waals surface area contributed by atoms with Gasteiger partial charge in [-0.15, -0.1) is 0 Å². The summed E-state index contributed by atoms with van der Waals surface area (Å²) in [6, 6.07) is 23.7. The molecule has 1 aliphatic rings. The van der Waals surface area contributed by atoms with Crippen LogP contribution in [0.1, 0.15) is 58.6 Å². The molecule has 0 amide bonds. The Morgan fingerprint density at radius 3 is 2.53 bits per heavy atom. The van der Waals surface area contributed by atoms with Crippen molar-refractivity contribution in [2.45, 2.75) is 51.6 Å². The van der Waals surface area contributed by atoms with Crippen molar-refractivity contribution in [2.75, 3.05) is 0 Å². The van der Waals surface area contributed by atoms with Gasteiger partial charge in [0.2, 0.25) is 0 Å². The minimum atomic E-state index is -1.26. The van der Waals surface area contributed by atoms with E-state index in [-0.39, 0.29) is 41.2 Å². The summed E-state index contributed by atoms with van der Waals surface area (Å²) in [6.45, 7) is 3.89. The summed E-state index contributed by atoms with van der Waals surface area (Å²) in [7, 11) is 0. The van der Waals surface area contributed by atoms with Crippen molar-refractivity contribution < 1.29 is 48.6 Å². The number of fused-ring (bicyclic) bond motifs is 2. The maximum absolute atomic E-state index is 12.4.